The van der Waals surface area contributed by atoms with Crippen molar-refractivity contribution >= 4 is 32.7 Å². The van der Waals surface area contributed by atoms with Crippen LogP contribution in [0.1, 0.15) is 69.8 Å². The van der Waals surface area contributed by atoms with Gasteiger partial charge in [-0.1, -0.05) is 0 Å². The highest BCUT2D eigenvalue weighted by molar-refractivity contribution is 9.10. The van der Waals surface area contributed by atoms with Crippen LogP contribution in [0.3, 0.4) is 0 Å². The third-order valence-corrected chi connectivity index (χ3v) is 6.20. The molecular weight excluding hydrogens is 420 g/mol. The summed E-state index contributed by atoms with van der Waals surface area (Å²) in [7, 11) is 0. The van der Waals surface area contributed by atoms with E-state index in [2.05, 4.69) is 40.8 Å². The maximum atomic E-state index is 6.34. The minimum absolute atomic E-state index is 0.0446. The Bertz CT molecular complexity index is 1030. The van der Waals surface area contributed by atoms with Crippen molar-refractivity contribution in [2.75, 3.05) is 12.3 Å². The topological polar surface area (TPSA) is 83.8 Å². The number of fused-ring (bicyclic) bond motifs is 1. The highest BCUT2D eigenvalue weighted by Gasteiger charge is 2.32. The molecule has 2 fully saturated rings. The molecule has 5 rings (SSSR count). The zero-order valence-corrected chi connectivity index (χ0v) is 17.8. The minimum atomic E-state index is -0.0446. The van der Waals surface area contributed by atoms with Crippen molar-refractivity contribution in [2.45, 2.75) is 64.1 Å². The van der Waals surface area contributed by atoms with Crippen LogP contribution in [0.2, 0.25) is 0 Å². The van der Waals surface area contributed by atoms with E-state index in [4.69, 9.17) is 20.7 Å². The first kappa shape index (κ1) is 18.1. The zero-order chi connectivity index (χ0) is 19.4. The summed E-state index contributed by atoms with van der Waals surface area (Å²) >= 11 is 3.64. The Labute approximate surface area is 172 Å². The summed E-state index contributed by atoms with van der Waals surface area (Å²) in [5.41, 5.74) is 10.3. The number of rotatable bonds is 4. The molecular formula is C20H25BrN6O. The lowest BCUT2D eigenvalue weighted by Gasteiger charge is -2.24. The predicted octanol–water partition coefficient (Wildman–Crippen LogP) is 4.80. The Hall–Kier alpha value is -1.93. The van der Waals surface area contributed by atoms with Crippen LogP contribution in [0.15, 0.2) is 16.7 Å². The third kappa shape index (κ3) is 2.93. The molecule has 3 aromatic heterocycles. The van der Waals surface area contributed by atoms with Gasteiger partial charge in [0.15, 0.2) is 6.23 Å². The summed E-state index contributed by atoms with van der Waals surface area (Å²) < 4.78 is 11.0. The molecule has 0 bridgehead atoms. The van der Waals surface area contributed by atoms with Crippen LogP contribution in [0, 0.1) is 0 Å². The second kappa shape index (κ2) is 6.84. The van der Waals surface area contributed by atoms with Crippen LogP contribution in [-0.2, 0) is 4.74 Å². The fraction of sp³-hybridized carbons (Fsp3) is 0.550. The first-order valence-corrected chi connectivity index (χ1v) is 10.9. The Morgan fingerprint density at radius 3 is 2.71 bits per heavy atom. The molecule has 2 N–H and O–H groups in total. The first-order chi connectivity index (χ1) is 13.5. The highest BCUT2D eigenvalue weighted by atomic mass is 79.9. The molecule has 1 aliphatic heterocycles. The summed E-state index contributed by atoms with van der Waals surface area (Å²) in [6, 6.07) is 2.38. The van der Waals surface area contributed by atoms with Gasteiger partial charge < -0.3 is 10.5 Å². The SMILES string of the molecule is CC(C)n1nc(-c2cc(C3CC3)nn2C2CCCCO2)c2c(N)ncc(Br)c21. The summed E-state index contributed by atoms with van der Waals surface area (Å²) in [6.07, 6.45) is 7.35. The van der Waals surface area contributed by atoms with Crippen LogP contribution in [0.4, 0.5) is 5.82 Å². The summed E-state index contributed by atoms with van der Waals surface area (Å²) in [6.45, 7) is 5.02. The smallest absolute Gasteiger partial charge is 0.150 e. The van der Waals surface area contributed by atoms with Crippen LogP contribution < -0.4 is 5.73 Å². The van der Waals surface area contributed by atoms with E-state index >= 15 is 0 Å². The molecule has 0 aromatic carbocycles. The molecule has 3 aromatic rings. The highest BCUT2D eigenvalue weighted by Crippen LogP contribution is 2.43. The largest absolute Gasteiger partial charge is 0.383 e. The van der Waals surface area contributed by atoms with Gasteiger partial charge in [0, 0.05) is 24.8 Å². The lowest BCUT2D eigenvalue weighted by molar-refractivity contribution is -0.0385. The number of nitrogens with zero attached hydrogens (tertiary/aromatic N) is 5. The molecule has 0 spiro atoms. The normalized spacial score (nSPS) is 20.4. The number of pyridine rings is 1. The zero-order valence-electron chi connectivity index (χ0n) is 16.2. The van der Waals surface area contributed by atoms with Crippen LogP contribution in [-0.4, -0.2) is 31.2 Å². The minimum Gasteiger partial charge on any atom is -0.383 e. The first-order valence-electron chi connectivity index (χ1n) is 10.1. The predicted molar refractivity (Wildman–Crippen MR) is 112 cm³/mol. The van der Waals surface area contributed by atoms with Crippen molar-refractivity contribution in [1.29, 1.82) is 0 Å². The van der Waals surface area contributed by atoms with E-state index in [-0.39, 0.29) is 12.3 Å². The van der Waals surface area contributed by atoms with Crippen molar-refractivity contribution in [3.8, 4) is 11.4 Å². The van der Waals surface area contributed by atoms with Gasteiger partial charge >= 0.3 is 0 Å². The molecule has 4 heterocycles. The molecule has 148 valence electrons. The quantitative estimate of drug-likeness (QED) is 0.624. The molecule has 0 amide bonds. The molecule has 28 heavy (non-hydrogen) atoms. The number of hydrogen-bond acceptors (Lipinski definition) is 5. The van der Waals surface area contributed by atoms with E-state index in [1.807, 2.05) is 9.36 Å². The van der Waals surface area contributed by atoms with Gasteiger partial charge in [-0.05, 0) is 67.9 Å². The van der Waals surface area contributed by atoms with E-state index in [0.717, 1.165) is 58.3 Å². The second-order valence-corrected chi connectivity index (χ2v) is 8.95. The number of aromatic nitrogens is 5. The van der Waals surface area contributed by atoms with E-state index in [1.54, 1.807) is 6.20 Å². The Balaban J connectivity index is 1.75. The number of anilines is 1. The molecule has 1 unspecified atom stereocenters. The fourth-order valence-corrected chi connectivity index (χ4v) is 4.50. The molecule has 1 atom stereocenters. The van der Waals surface area contributed by atoms with Crippen LogP contribution in [0.25, 0.3) is 22.3 Å². The van der Waals surface area contributed by atoms with Gasteiger partial charge in [-0.15, -0.1) is 0 Å². The maximum absolute atomic E-state index is 6.34. The van der Waals surface area contributed by atoms with Crippen molar-refractivity contribution in [2.24, 2.45) is 0 Å². The van der Waals surface area contributed by atoms with E-state index < -0.39 is 0 Å². The number of halogens is 1. The van der Waals surface area contributed by atoms with Gasteiger partial charge in [-0.2, -0.15) is 10.2 Å². The van der Waals surface area contributed by atoms with E-state index in [0.29, 0.717) is 11.7 Å². The van der Waals surface area contributed by atoms with Crippen molar-refractivity contribution in [1.82, 2.24) is 24.5 Å². The average molecular weight is 445 g/mol. The molecule has 0 radical (unpaired) electrons. The van der Waals surface area contributed by atoms with Crippen molar-refractivity contribution in [3.05, 3.63) is 22.4 Å². The van der Waals surface area contributed by atoms with Crippen LogP contribution >= 0.6 is 15.9 Å². The molecule has 1 aliphatic carbocycles. The van der Waals surface area contributed by atoms with E-state index in [1.165, 1.54) is 12.8 Å². The molecule has 7 nitrogen and oxygen atoms in total. The lowest BCUT2D eigenvalue weighted by Crippen LogP contribution is -2.20. The monoisotopic (exact) mass is 444 g/mol. The Kier molecular flexibility index (Phi) is 4.43. The summed E-state index contributed by atoms with van der Waals surface area (Å²) in [5.74, 6) is 1.05. The Morgan fingerprint density at radius 1 is 1.21 bits per heavy atom. The van der Waals surface area contributed by atoms with Gasteiger partial charge in [0.1, 0.15) is 11.5 Å². The van der Waals surface area contributed by atoms with Gasteiger partial charge in [0.05, 0.1) is 26.8 Å². The van der Waals surface area contributed by atoms with Gasteiger partial charge in [0.25, 0.3) is 0 Å². The van der Waals surface area contributed by atoms with Crippen molar-refractivity contribution < 1.29 is 4.74 Å². The summed E-state index contributed by atoms with van der Waals surface area (Å²) in [4.78, 5) is 4.38. The van der Waals surface area contributed by atoms with Gasteiger partial charge in [-0.25, -0.2) is 9.67 Å². The van der Waals surface area contributed by atoms with Crippen molar-refractivity contribution in [3.63, 3.8) is 0 Å². The van der Waals surface area contributed by atoms with Gasteiger partial charge in [-0.3, -0.25) is 4.68 Å². The summed E-state index contributed by atoms with van der Waals surface area (Å²) in [5, 5.41) is 10.8. The maximum Gasteiger partial charge on any atom is 0.150 e. The lowest BCUT2D eigenvalue weighted by atomic mass is 10.1. The number of nitrogen functional groups attached to an aromatic ring is 1. The number of hydrogen-bond donors (Lipinski definition) is 1. The molecule has 1 saturated carbocycles. The number of ether oxygens (including phenoxy) is 1. The number of nitrogens with two attached hydrogens (primary N) is 1. The molecule has 1 saturated heterocycles. The Morgan fingerprint density at radius 2 is 2.04 bits per heavy atom. The van der Waals surface area contributed by atoms with Crippen LogP contribution in [0.5, 0.6) is 0 Å². The molecule has 2 aliphatic rings. The second-order valence-electron chi connectivity index (χ2n) is 8.10. The fourth-order valence-electron chi connectivity index (χ4n) is 4.02. The van der Waals surface area contributed by atoms with E-state index in [9.17, 15) is 0 Å². The standard InChI is InChI=1S/C20H25BrN6O/c1-11(2)26-19-13(21)10-23-20(22)17(19)18(25-26)15-9-14(12-6-7-12)24-27(15)16-5-3-4-8-28-16/h9-12,16H,3-8H2,1-2H3,(H2,22,23). The third-order valence-electron chi connectivity index (χ3n) is 5.62. The average Bonchev–Trinajstić information content (AvgIpc) is 3.31. The van der Waals surface area contributed by atoms with Gasteiger partial charge in [0.2, 0.25) is 0 Å². The molecule has 8 heteroatoms.